The summed E-state index contributed by atoms with van der Waals surface area (Å²) >= 11 is 1.89. The van der Waals surface area contributed by atoms with Gasteiger partial charge in [-0.25, -0.2) is 24.0 Å². The second kappa shape index (κ2) is 53.5. The predicted molar refractivity (Wildman–Crippen MR) is 329 cm³/mol. The van der Waals surface area contributed by atoms with Crippen molar-refractivity contribution in [2.24, 2.45) is 0 Å². The SMILES string of the molecule is O=C(O)CC[C@H](NC(=O)N[C@@H](CCCCNC(=O)Nc1ccccc1OCCNC(=O)CCOCCOCCOCCOCCOCCOCCOCCOCCOCCOCCOCCOCCNC(=O)CCCC[C@@H]1SC[C@@H]2NC(=O)N[C@@H]21)C(=O)O)C(=O)O. The summed E-state index contributed by atoms with van der Waals surface area (Å²) < 4.78 is 71.9. The van der Waals surface area contributed by atoms with Crippen LogP contribution in [0.3, 0.4) is 0 Å². The van der Waals surface area contributed by atoms with Crippen LogP contribution in [-0.4, -0.2) is 283 Å². The van der Waals surface area contributed by atoms with Crippen molar-refractivity contribution in [3.05, 3.63) is 24.3 Å². The Morgan fingerprint density at radius 3 is 1.42 bits per heavy atom. The van der Waals surface area contributed by atoms with Gasteiger partial charge < -0.3 is 119 Å². The number of fused-ring (bicyclic) bond motifs is 1. The summed E-state index contributed by atoms with van der Waals surface area (Å²) in [4.78, 5) is 94.4. The predicted octanol–water partition coefficient (Wildman–Crippen LogP) is 0.975. The van der Waals surface area contributed by atoms with Crippen LogP contribution in [0.15, 0.2) is 24.3 Å². The summed E-state index contributed by atoms with van der Waals surface area (Å²) in [6.45, 7) is 10.9. The molecule has 91 heavy (non-hydrogen) atoms. The number of rotatable bonds is 61. The lowest BCUT2D eigenvalue weighted by molar-refractivity contribution is -0.141. The van der Waals surface area contributed by atoms with Gasteiger partial charge in [0.2, 0.25) is 11.8 Å². The zero-order chi connectivity index (χ0) is 65.6. The molecule has 0 saturated carbocycles. The van der Waals surface area contributed by atoms with Crippen LogP contribution in [-0.2, 0) is 80.8 Å². The van der Waals surface area contributed by atoms with E-state index in [1.165, 1.54) is 0 Å². The number of nitrogens with one attached hydrogen (secondary N) is 8. The minimum Gasteiger partial charge on any atom is -0.490 e. The first kappa shape index (κ1) is 79.3. The molecule has 2 saturated heterocycles. The molecule has 2 aliphatic rings. The number of carbonyl (C=O) groups is 8. The van der Waals surface area contributed by atoms with E-state index in [1.54, 1.807) is 24.3 Å². The molecular formula is C58H98N8O24S. The van der Waals surface area contributed by atoms with Crippen molar-refractivity contribution in [3.8, 4) is 5.75 Å². The lowest BCUT2D eigenvalue weighted by atomic mass is 10.0. The maximum absolute atomic E-state index is 12.6. The van der Waals surface area contributed by atoms with Gasteiger partial charge in [-0.05, 0) is 50.7 Å². The van der Waals surface area contributed by atoms with Gasteiger partial charge in [0.1, 0.15) is 24.4 Å². The van der Waals surface area contributed by atoms with Gasteiger partial charge in [0, 0.05) is 43.4 Å². The van der Waals surface area contributed by atoms with Crippen LogP contribution in [0.2, 0.25) is 0 Å². The number of aliphatic carboxylic acids is 3. The lowest BCUT2D eigenvalue weighted by Crippen LogP contribution is -2.51. The normalized spacial score (nSPS) is 15.6. The number of amides is 8. The summed E-state index contributed by atoms with van der Waals surface area (Å²) in [5.74, 6) is -2.97. The largest absolute Gasteiger partial charge is 0.490 e. The van der Waals surface area contributed by atoms with Crippen LogP contribution >= 0.6 is 11.8 Å². The van der Waals surface area contributed by atoms with Gasteiger partial charge in [0.25, 0.3) is 0 Å². The molecule has 5 atom stereocenters. The van der Waals surface area contributed by atoms with Gasteiger partial charge in [0.15, 0.2) is 0 Å². The molecule has 33 heteroatoms. The third kappa shape index (κ3) is 42.7. The number of benzene rings is 1. The Morgan fingerprint density at radius 2 is 0.923 bits per heavy atom. The number of hydrogen-bond donors (Lipinski definition) is 11. The highest BCUT2D eigenvalue weighted by molar-refractivity contribution is 8.00. The first-order chi connectivity index (χ1) is 44.3. The first-order valence-corrected chi connectivity index (χ1v) is 32.0. The van der Waals surface area contributed by atoms with Crippen molar-refractivity contribution in [2.45, 2.75) is 93.6 Å². The number of unbranched alkanes of at least 4 members (excludes halogenated alkanes) is 2. The molecule has 11 N–H and O–H groups in total. The van der Waals surface area contributed by atoms with Gasteiger partial charge in [-0.2, -0.15) is 11.8 Å². The lowest BCUT2D eigenvalue weighted by Gasteiger charge is -2.18. The zero-order valence-electron chi connectivity index (χ0n) is 52.1. The smallest absolute Gasteiger partial charge is 0.326 e. The van der Waals surface area contributed by atoms with Crippen molar-refractivity contribution in [2.75, 3.05) is 196 Å². The monoisotopic (exact) mass is 1320 g/mol. The minimum absolute atomic E-state index is 0.0266. The molecule has 32 nitrogen and oxygen atoms in total. The molecule has 3 rings (SSSR count). The van der Waals surface area contributed by atoms with Crippen LogP contribution in [0, 0.1) is 0 Å². The zero-order valence-corrected chi connectivity index (χ0v) is 52.9. The Kier molecular flexibility index (Phi) is 46.7. The molecule has 0 unspecified atom stereocenters. The van der Waals surface area contributed by atoms with Gasteiger partial charge in [-0.3, -0.25) is 14.4 Å². The first-order valence-electron chi connectivity index (χ1n) is 31.0. The van der Waals surface area contributed by atoms with Crippen LogP contribution in [0.1, 0.15) is 64.2 Å². The van der Waals surface area contributed by atoms with Crippen molar-refractivity contribution in [3.63, 3.8) is 0 Å². The maximum atomic E-state index is 12.6. The fourth-order valence-electron chi connectivity index (χ4n) is 8.43. The van der Waals surface area contributed by atoms with E-state index in [4.69, 9.17) is 66.7 Å². The molecule has 8 amide bonds. The van der Waals surface area contributed by atoms with E-state index in [9.17, 15) is 48.6 Å². The number of carbonyl (C=O) groups excluding carboxylic acids is 5. The average molecular weight is 1320 g/mol. The summed E-state index contributed by atoms with van der Waals surface area (Å²) in [5, 5.41) is 49.0. The van der Waals surface area contributed by atoms with E-state index < -0.39 is 48.5 Å². The molecule has 0 aliphatic carbocycles. The molecule has 0 spiro atoms. The van der Waals surface area contributed by atoms with Crippen LogP contribution in [0.4, 0.5) is 20.1 Å². The van der Waals surface area contributed by atoms with Gasteiger partial charge in [-0.1, -0.05) is 18.6 Å². The van der Waals surface area contributed by atoms with E-state index >= 15 is 0 Å². The second-order valence-corrected chi connectivity index (χ2v) is 21.5. The van der Waals surface area contributed by atoms with Gasteiger partial charge in [-0.15, -0.1) is 0 Å². The average Bonchev–Trinajstić information content (AvgIpc) is 1.83. The molecule has 0 aromatic heterocycles. The Balaban J connectivity index is 0.955. The highest BCUT2D eigenvalue weighted by atomic mass is 32.2. The fourth-order valence-corrected chi connectivity index (χ4v) is 9.97. The van der Waals surface area contributed by atoms with Crippen LogP contribution in [0.25, 0.3) is 0 Å². The van der Waals surface area contributed by atoms with Crippen LogP contribution in [0.5, 0.6) is 5.75 Å². The topological polar surface area (TPSA) is 413 Å². The Morgan fingerprint density at radius 1 is 0.473 bits per heavy atom. The highest BCUT2D eigenvalue weighted by Crippen LogP contribution is 2.33. The number of ether oxygens (including phenoxy) is 13. The van der Waals surface area contributed by atoms with Crippen molar-refractivity contribution < 1.29 is 115 Å². The number of carboxylic acid groups (broad SMARTS) is 3. The molecule has 0 bridgehead atoms. The fraction of sp³-hybridized carbons (Fsp3) is 0.759. The van der Waals surface area contributed by atoms with E-state index in [0.29, 0.717) is 188 Å². The number of carboxylic acids is 3. The number of hydrogen-bond acceptors (Lipinski definition) is 22. The quantitative estimate of drug-likeness (QED) is 0.0320. The van der Waals surface area contributed by atoms with Gasteiger partial charge >= 0.3 is 36.0 Å². The van der Waals surface area contributed by atoms with E-state index in [1.807, 2.05) is 11.8 Å². The third-order valence-corrected chi connectivity index (χ3v) is 14.6. The molecular weight excluding hydrogens is 1220 g/mol. The van der Waals surface area contributed by atoms with Gasteiger partial charge in [0.05, 0.1) is 183 Å². The minimum atomic E-state index is -1.52. The molecule has 520 valence electrons. The maximum Gasteiger partial charge on any atom is 0.326 e. The van der Waals surface area contributed by atoms with E-state index in [0.717, 1.165) is 25.0 Å². The standard InChI is InChI=1S/C58H98N8O24S/c67-50(11-4-3-10-49-53-47(43-91-49)65-58(77)66-53)59-16-19-79-22-24-81-26-28-83-30-32-85-34-36-87-38-40-89-42-41-88-39-37-86-35-33-84-31-29-82-27-25-80-23-21-78-18-14-51(68)60-17-20-90-48-9-2-1-7-44(48)62-56(75)61-15-6-5-8-45(54(71)72)63-57(76)64-46(55(73)74)12-13-52(69)70/h1-2,7,9,45-47,49,53H,3-6,8,10-43H2,(H,59,67)(H,60,68)(H,69,70)(H,71,72)(H,73,74)(H2,61,62,75)(H2,63,64,76)(H2,65,66,77)/t45-,46-,47-,49-,53-/m0/s1. The Bertz CT molecular complexity index is 2170. The molecule has 2 aliphatic heterocycles. The Labute approximate surface area is 535 Å². The second-order valence-electron chi connectivity index (χ2n) is 20.2. The van der Waals surface area contributed by atoms with Crippen molar-refractivity contribution in [1.82, 2.24) is 37.2 Å². The summed E-state index contributed by atoms with van der Waals surface area (Å²) in [7, 11) is 0. The van der Waals surface area contributed by atoms with Crippen molar-refractivity contribution in [1.29, 1.82) is 0 Å². The summed E-state index contributed by atoms with van der Waals surface area (Å²) in [6, 6.07) is 2.55. The highest BCUT2D eigenvalue weighted by Gasteiger charge is 2.42. The van der Waals surface area contributed by atoms with E-state index in [-0.39, 0.29) is 81.9 Å². The van der Waals surface area contributed by atoms with E-state index in [2.05, 4.69) is 42.5 Å². The summed E-state index contributed by atoms with van der Waals surface area (Å²) in [6.07, 6.45) is 3.10. The van der Waals surface area contributed by atoms with Crippen LogP contribution < -0.4 is 47.3 Å². The van der Waals surface area contributed by atoms with Crippen molar-refractivity contribution >= 4 is 65.3 Å². The number of thioether (sulfide) groups is 1. The molecule has 1 aromatic rings. The number of para-hydroxylation sites is 2. The third-order valence-electron chi connectivity index (χ3n) is 13.1. The number of anilines is 1. The molecule has 1 aromatic carbocycles. The molecule has 2 fully saturated rings. The molecule has 2 heterocycles. The Hall–Kier alpha value is -5.95. The number of urea groups is 3. The molecule has 0 radical (unpaired) electrons. The summed E-state index contributed by atoms with van der Waals surface area (Å²) in [5.41, 5.74) is 0.371.